The largest absolute Gasteiger partial charge is 0.453 e. The average molecular weight is 1190 g/mol. The van der Waals surface area contributed by atoms with E-state index in [4.69, 9.17) is 52.1 Å². The van der Waals surface area contributed by atoms with Crippen LogP contribution in [0.2, 0.25) is 0 Å². The van der Waals surface area contributed by atoms with Gasteiger partial charge in [0.2, 0.25) is 12.4 Å². The van der Waals surface area contributed by atoms with Crippen LogP contribution in [-0.2, 0) is 67.3 Å². The Morgan fingerprint density at radius 2 is 0.625 bits per heavy atom. The highest BCUT2D eigenvalue weighted by Gasteiger charge is 2.58. The van der Waals surface area contributed by atoms with Crippen molar-refractivity contribution in [3.63, 3.8) is 0 Å². The van der Waals surface area contributed by atoms with Crippen LogP contribution in [0.1, 0.15) is 82.3 Å². The second-order valence-corrected chi connectivity index (χ2v) is 20.4. The van der Waals surface area contributed by atoms with Crippen LogP contribution in [0.3, 0.4) is 0 Å². The van der Waals surface area contributed by atoms with E-state index in [0.29, 0.717) is 16.7 Å². The maximum Gasteiger partial charge on any atom is 0.340 e. The van der Waals surface area contributed by atoms with Crippen LogP contribution < -0.4 is 0 Å². The lowest BCUT2D eigenvalue weighted by Crippen LogP contribution is -2.49. The molecule has 0 spiro atoms. The summed E-state index contributed by atoms with van der Waals surface area (Å²) in [5, 5.41) is 0. The van der Waals surface area contributed by atoms with E-state index in [-0.39, 0.29) is 27.8 Å². The van der Waals surface area contributed by atoms with Gasteiger partial charge in [0.25, 0.3) is 0 Å². The zero-order chi connectivity index (χ0) is 61.4. The molecule has 0 N–H and O–H groups in total. The molecule has 2 aliphatic heterocycles. The molecule has 18 nitrogen and oxygen atoms in total. The molecule has 88 heavy (non-hydrogen) atoms. The highest BCUT2D eigenvalue weighted by molar-refractivity contribution is 5.92. The lowest BCUT2D eigenvalue weighted by molar-refractivity contribution is -0.214. The van der Waals surface area contributed by atoms with Crippen molar-refractivity contribution >= 4 is 41.8 Å². The van der Waals surface area contributed by atoms with Crippen molar-refractivity contribution in [2.75, 3.05) is 13.2 Å². The van der Waals surface area contributed by atoms with Crippen LogP contribution in [0, 0.1) is 0 Å². The summed E-state index contributed by atoms with van der Waals surface area (Å²) in [6, 6.07) is 67.7. The number of hydrogen-bond acceptors (Lipinski definition) is 18. The van der Waals surface area contributed by atoms with Crippen molar-refractivity contribution in [3.8, 4) is 0 Å². The first kappa shape index (κ1) is 61.0. The third-order valence-electron chi connectivity index (χ3n) is 14.5. The molecule has 10 rings (SSSR count). The van der Waals surface area contributed by atoms with Gasteiger partial charge in [-0.05, 0) is 77.4 Å². The highest BCUT2D eigenvalue weighted by Crippen LogP contribution is 2.42. The van der Waals surface area contributed by atoms with Crippen molar-refractivity contribution in [2.45, 2.75) is 80.9 Å². The van der Waals surface area contributed by atoms with Crippen molar-refractivity contribution < 1.29 is 85.7 Å². The van der Waals surface area contributed by atoms with E-state index in [0.717, 1.165) is 13.8 Å². The van der Waals surface area contributed by atoms with E-state index in [1.54, 1.807) is 103 Å². The number of ether oxygens (including phenoxy) is 11. The van der Waals surface area contributed by atoms with Crippen LogP contribution in [0.15, 0.2) is 243 Å². The first-order valence-corrected chi connectivity index (χ1v) is 28.2. The molecular formula is C70H60O18. The van der Waals surface area contributed by atoms with Crippen molar-refractivity contribution in [1.29, 1.82) is 0 Å². The quantitative estimate of drug-likeness (QED) is 0.0330. The Balaban J connectivity index is 1.07. The Morgan fingerprint density at radius 3 is 0.966 bits per heavy atom. The summed E-state index contributed by atoms with van der Waals surface area (Å²) in [7, 11) is 0. The summed E-state index contributed by atoms with van der Waals surface area (Å²) >= 11 is 0. The van der Waals surface area contributed by atoms with Crippen molar-refractivity contribution in [1.82, 2.24) is 0 Å². The molecular weight excluding hydrogens is 1130 g/mol. The van der Waals surface area contributed by atoms with Gasteiger partial charge in [-0.3, -0.25) is 9.59 Å². The molecule has 2 saturated heterocycles. The Morgan fingerprint density at radius 1 is 0.341 bits per heavy atom. The Labute approximate surface area is 506 Å². The molecule has 0 saturated carbocycles. The second-order valence-electron chi connectivity index (χ2n) is 20.4. The van der Waals surface area contributed by atoms with Gasteiger partial charge in [-0.25, -0.2) is 24.0 Å². The fourth-order valence-corrected chi connectivity index (χ4v) is 10.4. The first-order valence-electron chi connectivity index (χ1n) is 28.2. The van der Waals surface area contributed by atoms with Gasteiger partial charge in [0, 0.05) is 13.8 Å². The summed E-state index contributed by atoms with van der Waals surface area (Å²) in [5.41, 5.74) is 1.05. The molecule has 0 unspecified atom stereocenters. The molecule has 2 aliphatic rings. The fraction of sp³-hybridized carbons (Fsp3) is 0.214. The number of hydrogen-bond donors (Lipinski definition) is 0. The number of carbonyl (C=O) groups excluding carboxylic acids is 7. The molecule has 2 fully saturated rings. The van der Waals surface area contributed by atoms with Crippen LogP contribution in [-0.4, -0.2) is 116 Å². The second kappa shape index (κ2) is 28.9. The average Bonchev–Trinajstić information content (AvgIpc) is 2.56. The minimum absolute atomic E-state index is 0.0513. The third-order valence-corrected chi connectivity index (χ3v) is 14.5. The molecule has 0 aliphatic carbocycles. The van der Waals surface area contributed by atoms with E-state index < -0.39 is 122 Å². The first-order chi connectivity index (χ1) is 42.9. The SMILES string of the molecule is CC(=O)O[C@H]1[C@H](OC[C@@H](OC(=O)c2ccccc2)[C@@H]2O[C@@H](OC(=O)c3ccccc3)[C@H](OC(C)=O)[C@H]2OC(=O)c2ccccc2)O[C@@H]([C@@H](COC(c2ccccc2)(c2ccccc2)c2ccccc2)OC(=O)c2ccccc2)[C@@H]1OC(=O)c1ccccc1. The normalized spacial score (nSPS) is 20.2. The topological polar surface area (TPSA) is 221 Å². The van der Waals surface area contributed by atoms with E-state index in [1.807, 2.05) is 91.0 Å². The number of benzene rings is 8. The Kier molecular flexibility index (Phi) is 20.0. The fourth-order valence-electron chi connectivity index (χ4n) is 10.4. The van der Waals surface area contributed by atoms with Gasteiger partial charge in [0.05, 0.1) is 41.0 Å². The van der Waals surface area contributed by atoms with Crippen molar-refractivity contribution in [2.24, 2.45) is 0 Å². The van der Waals surface area contributed by atoms with Gasteiger partial charge >= 0.3 is 41.8 Å². The molecule has 0 amide bonds. The van der Waals surface area contributed by atoms with Gasteiger partial charge < -0.3 is 52.1 Å². The molecule has 18 heteroatoms. The Hall–Kier alpha value is -10.1. The van der Waals surface area contributed by atoms with Gasteiger partial charge in [0.15, 0.2) is 36.8 Å². The minimum atomic E-state index is -1.81. The van der Waals surface area contributed by atoms with Crippen LogP contribution >= 0.6 is 0 Å². The maximum absolute atomic E-state index is 14.6. The predicted molar refractivity (Wildman–Crippen MR) is 314 cm³/mol. The molecule has 0 radical (unpaired) electrons. The summed E-state index contributed by atoms with van der Waals surface area (Å²) in [5.74, 6) is -6.32. The van der Waals surface area contributed by atoms with E-state index in [1.165, 1.54) is 48.5 Å². The van der Waals surface area contributed by atoms with E-state index in [9.17, 15) is 33.6 Å². The molecule has 0 bridgehead atoms. The number of esters is 7. The monoisotopic (exact) mass is 1190 g/mol. The zero-order valence-electron chi connectivity index (χ0n) is 47.6. The standard InChI is InChI=1S/C70H60O18/c1-45(71)80-61-59(84-65(75)49-31-15-5-16-32-49)58(56(83-64(74)48-29-13-4-14-30-48)44-79-70(52-37-21-8-22-38-52,53-39-23-9-24-40-53)54-41-25-10-26-42-54)86-68(61)78-43-55(82-63(73)47-27-11-3-12-28-47)57-60(85-66(76)50-33-17-6-18-34-50)62(81-46(2)72)69(87-57)88-67(77)51-35-19-7-20-36-51/h3-42,55-62,68-69H,43-44H2,1-2H3/t55-,56-,57+,58+,59+,60+,61-,62-,68-,69+/m1/s1. The van der Waals surface area contributed by atoms with Crippen LogP contribution in [0.25, 0.3) is 0 Å². The van der Waals surface area contributed by atoms with E-state index >= 15 is 0 Å². The minimum Gasteiger partial charge on any atom is -0.453 e. The highest BCUT2D eigenvalue weighted by atomic mass is 16.8. The lowest BCUT2D eigenvalue weighted by atomic mass is 9.80. The van der Waals surface area contributed by atoms with Gasteiger partial charge in [-0.1, -0.05) is 182 Å². The predicted octanol–water partition coefficient (Wildman–Crippen LogP) is 10.1. The smallest absolute Gasteiger partial charge is 0.340 e. The number of rotatable bonds is 23. The van der Waals surface area contributed by atoms with Crippen LogP contribution in [0.4, 0.5) is 0 Å². The molecule has 0 aromatic heterocycles. The van der Waals surface area contributed by atoms with Crippen LogP contribution in [0.5, 0.6) is 0 Å². The Bertz CT molecular complexity index is 3520. The number of carbonyl (C=O) groups is 7. The summed E-state index contributed by atoms with van der Waals surface area (Å²) in [6.07, 6.45) is -17.0. The van der Waals surface area contributed by atoms with Gasteiger partial charge in [0.1, 0.15) is 17.8 Å². The molecule has 448 valence electrons. The maximum atomic E-state index is 14.6. The lowest BCUT2D eigenvalue weighted by Gasteiger charge is -2.38. The van der Waals surface area contributed by atoms with Crippen molar-refractivity contribution in [3.05, 3.63) is 287 Å². The van der Waals surface area contributed by atoms with Gasteiger partial charge in [-0.2, -0.15) is 0 Å². The van der Waals surface area contributed by atoms with Gasteiger partial charge in [-0.15, -0.1) is 0 Å². The molecule has 2 heterocycles. The zero-order valence-corrected chi connectivity index (χ0v) is 47.6. The molecule has 8 aromatic rings. The van der Waals surface area contributed by atoms with E-state index in [2.05, 4.69) is 0 Å². The summed E-state index contributed by atoms with van der Waals surface area (Å²) in [4.78, 5) is 97.8. The summed E-state index contributed by atoms with van der Waals surface area (Å²) in [6.45, 7) is 0.898. The summed E-state index contributed by atoms with van der Waals surface area (Å²) < 4.78 is 70.0. The molecule has 8 aromatic carbocycles. The third kappa shape index (κ3) is 14.6. The molecule has 10 atom stereocenters.